The van der Waals surface area contributed by atoms with Gasteiger partial charge in [-0.25, -0.2) is 0 Å². The van der Waals surface area contributed by atoms with Crippen LogP contribution in [0.1, 0.15) is 22.0 Å². The third kappa shape index (κ3) is 6.66. The van der Waals surface area contributed by atoms with E-state index in [-0.39, 0.29) is 23.6 Å². The Morgan fingerprint density at radius 1 is 1.09 bits per heavy atom. The molecular formula is C24H28N6O3S. The van der Waals surface area contributed by atoms with Gasteiger partial charge in [0.15, 0.2) is 5.16 Å². The Balaban J connectivity index is 1.34. The number of morpholine rings is 1. The third-order valence-electron chi connectivity index (χ3n) is 5.48. The Morgan fingerprint density at radius 3 is 2.50 bits per heavy atom. The van der Waals surface area contributed by atoms with E-state index in [1.54, 1.807) is 35.2 Å². The summed E-state index contributed by atoms with van der Waals surface area (Å²) in [7, 11) is 1.83. The van der Waals surface area contributed by atoms with Gasteiger partial charge in [0.1, 0.15) is 6.33 Å². The van der Waals surface area contributed by atoms with Crippen molar-refractivity contribution < 1.29 is 14.3 Å². The minimum absolute atomic E-state index is 0.135. The zero-order valence-electron chi connectivity index (χ0n) is 19.0. The van der Waals surface area contributed by atoms with Crippen LogP contribution in [0.2, 0.25) is 0 Å². The number of hydrogen-bond donors (Lipinski definition) is 2. The number of amides is 2. The number of aryl methyl sites for hydroxylation is 1. The topological polar surface area (TPSA) is 101 Å². The summed E-state index contributed by atoms with van der Waals surface area (Å²) in [6, 6.07) is 16.8. The first-order chi connectivity index (χ1) is 16.6. The van der Waals surface area contributed by atoms with Crippen molar-refractivity contribution in [1.29, 1.82) is 0 Å². The molecule has 4 rings (SSSR count). The van der Waals surface area contributed by atoms with Crippen LogP contribution in [0.5, 0.6) is 0 Å². The lowest BCUT2D eigenvalue weighted by Gasteiger charge is -2.31. The first kappa shape index (κ1) is 23.9. The van der Waals surface area contributed by atoms with Crippen LogP contribution in [0, 0.1) is 0 Å². The van der Waals surface area contributed by atoms with Gasteiger partial charge in [-0.05, 0) is 29.8 Å². The smallest absolute Gasteiger partial charge is 0.251 e. The first-order valence-corrected chi connectivity index (χ1v) is 12.1. The molecule has 1 saturated heterocycles. The normalized spacial score (nSPS) is 15.0. The van der Waals surface area contributed by atoms with Gasteiger partial charge in [-0.3, -0.25) is 14.5 Å². The van der Waals surface area contributed by atoms with Gasteiger partial charge in [-0.1, -0.05) is 42.1 Å². The SMILES string of the molecule is Cn1cnnc1SCC(=O)Nc1ccc(C(=O)NC(CN2CCOCC2)c2ccccc2)cc1. The summed E-state index contributed by atoms with van der Waals surface area (Å²) in [5, 5.41) is 14.4. The van der Waals surface area contributed by atoms with Crippen molar-refractivity contribution in [2.45, 2.75) is 11.2 Å². The Bertz CT molecular complexity index is 1080. The van der Waals surface area contributed by atoms with E-state index in [1.165, 1.54) is 11.8 Å². The van der Waals surface area contributed by atoms with Gasteiger partial charge in [0.2, 0.25) is 5.91 Å². The van der Waals surface area contributed by atoms with Gasteiger partial charge in [0.25, 0.3) is 5.91 Å². The number of nitrogens with one attached hydrogen (secondary N) is 2. The molecule has 1 fully saturated rings. The predicted octanol–water partition coefficient (Wildman–Crippen LogP) is 2.35. The highest BCUT2D eigenvalue weighted by Gasteiger charge is 2.21. The molecule has 0 aliphatic carbocycles. The van der Waals surface area contributed by atoms with Crippen molar-refractivity contribution in [3.63, 3.8) is 0 Å². The minimum Gasteiger partial charge on any atom is -0.379 e. The van der Waals surface area contributed by atoms with Crippen molar-refractivity contribution >= 4 is 29.3 Å². The van der Waals surface area contributed by atoms with Crippen molar-refractivity contribution in [3.05, 3.63) is 72.1 Å². The Hall–Kier alpha value is -3.21. The average molecular weight is 481 g/mol. The summed E-state index contributed by atoms with van der Waals surface area (Å²) < 4.78 is 7.21. The number of hydrogen-bond acceptors (Lipinski definition) is 7. The lowest BCUT2D eigenvalue weighted by Crippen LogP contribution is -2.43. The Morgan fingerprint density at radius 2 is 1.82 bits per heavy atom. The van der Waals surface area contributed by atoms with Gasteiger partial charge >= 0.3 is 0 Å². The highest BCUT2D eigenvalue weighted by atomic mass is 32.2. The average Bonchev–Trinajstić information content (AvgIpc) is 3.28. The zero-order chi connectivity index (χ0) is 23.8. The monoisotopic (exact) mass is 480 g/mol. The maximum atomic E-state index is 13.0. The first-order valence-electron chi connectivity index (χ1n) is 11.1. The van der Waals surface area contributed by atoms with Crippen LogP contribution < -0.4 is 10.6 Å². The van der Waals surface area contributed by atoms with E-state index in [0.29, 0.717) is 29.6 Å². The van der Waals surface area contributed by atoms with Crippen LogP contribution in [0.4, 0.5) is 5.69 Å². The third-order valence-corrected chi connectivity index (χ3v) is 6.52. The zero-order valence-corrected chi connectivity index (χ0v) is 19.8. The number of thioether (sulfide) groups is 1. The number of nitrogens with zero attached hydrogens (tertiary/aromatic N) is 4. The molecule has 10 heteroatoms. The summed E-state index contributed by atoms with van der Waals surface area (Å²) in [6.07, 6.45) is 1.59. The number of benzene rings is 2. The quantitative estimate of drug-likeness (QED) is 0.454. The van der Waals surface area contributed by atoms with E-state index in [0.717, 1.165) is 25.2 Å². The van der Waals surface area contributed by atoms with E-state index < -0.39 is 0 Å². The van der Waals surface area contributed by atoms with Crippen LogP contribution >= 0.6 is 11.8 Å². The molecule has 34 heavy (non-hydrogen) atoms. The molecular weight excluding hydrogens is 452 g/mol. The van der Waals surface area contributed by atoms with Gasteiger partial charge in [-0.15, -0.1) is 10.2 Å². The number of carbonyl (C=O) groups excluding carboxylic acids is 2. The maximum absolute atomic E-state index is 13.0. The molecule has 1 atom stereocenters. The highest BCUT2D eigenvalue weighted by Crippen LogP contribution is 2.18. The molecule has 2 N–H and O–H groups in total. The van der Waals surface area contributed by atoms with Crippen LogP contribution in [-0.2, 0) is 16.6 Å². The summed E-state index contributed by atoms with van der Waals surface area (Å²) in [5.74, 6) is -0.0904. The van der Waals surface area contributed by atoms with Crippen molar-refractivity contribution in [2.24, 2.45) is 7.05 Å². The summed E-state index contributed by atoms with van der Waals surface area (Å²) in [5.41, 5.74) is 2.23. The second-order valence-electron chi connectivity index (χ2n) is 7.99. The van der Waals surface area contributed by atoms with Crippen LogP contribution in [0.25, 0.3) is 0 Å². The number of aromatic nitrogens is 3. The summed E-state index contributed by atoms with van der Waals surface area (Å²) >= 11 is 1.31. The van der Waals surface area contributed by atoms with Gasteiger partial charge < -0.3 is 19.9 Å². The van der Waals surface area contributed by atoms with Gasteiger partial charge in [0.05, 0.1) is 25.0 Å². The van der Waals surface area contributed by atoms with E-state index >= 15 is 0 Å². The molecule has 1 aliphatic rings. The molecule has 178 valence electrons. The molecule has 9 nitrogen and oxygen atoms in total. The molecule has 1 unspecified atom stereocenters. The van der Waals surface area contributed by atoms with Crippen LogP contribution in [0.15, 0.2) is 66.1 Å². The second kappa shape index (κ2) is 11.8. The fourth-order valence-electron chi connectivity index (χ4n) is 3.64. The van der Waals surface area contributed by atoms with Gasteiger partial charge in [0, 0.05) is 37.9 Å². The van der Waals surface area contributed by atoms with Crippen molar-refractivity contribution in [2.75, 3.05) is 43.9 Å². The molecule has 0 radical (unpaired) electrons. The molecule has 1 aromatic heterocycles. The highest BCUT2D eigenvalue weighted by molar-refractivity contribution is 7.99. The lowest BCUT2D eigenvalue weighted by atomic mass is 10.1. The van der Waals surface area contributed by atoms with E-state index in [1.807, 2.05) is 37.4 Å². The predicted molar refractivity (Wildman–Crippen MR) is 131 cm³/mol. The summed E-state index contributed by atoms with van der Waals surface area (Å²) in [6.45, 7) is 3.83. The van der Waals surface area contributed by atoms with E-state index in [4.69, 9.17) is 4.74 Å². The molecule has 3 aromatic rings. The summed E-state index contributed by atoms with van der Waals surface area (Å²) in [4.78, 5) is 27.6. The molecule has 0 spiro atoms. The standard InChI is InChI=1S/C24H28N6O3S/c1-29-17-25-28-24(29)34-16-22(31)26-20-9-7-19(8-10-20)23(32)27-21(18-5-3-2-4-6-18)15-30-11-13-33-14-12-30/h2-10,17,21H,11-16H2,1H3,(H,26,31)(H,27,32). The Kier molecular flexibility index (Phi) is 8.29. The molecule has 2 heterocycles. The lowest BCUT2D eigenvalue weighted by molar-refractivity contribution is -0.113. The van der Waals surface area contributed by atoms with Gasteiger partial charge in [-0.2, -0.15) is 0 Å². The largest absolute Gasteiger partial charge is 0.379 e. The van der Waals surface area contributed by atoms with Crippen molar-refractivity contribution in [3.8, 4) is 0 Å². The van der Waals surface area contributed by atoms with E-state index in [9.17, 15) is 9.59 Å². The molecule has 1 aliphatic heterocycles. The second-order valence-corrected chi connectivity index (χ2v) is 8.93. The molecule has 2 amide bonds. The number of anilines is 1. The minimum atomic E-state index is -0.155. The maximum Gasteiger partial charge on any atom is 0.251 e. The number of rotatable bonds is 9. The number of carbonyl (C=O) groups is 2. The fourth-order valence-corrected chi connectivity index (χ4v) is 4.33. The van der Waals surface area contributed by atoms with Crippen LogP contribution in [-0.4, -0.2) is 70.1 Å². The molecule has 0 saturated carbocycles. The molecule has 2 aromatic carbocycles. The Labute approximate surface area is 202 Å². The molecule has 0 bridgehead atoms. The van der Waals surface area contributed by atoms with Crippen molar-refractivity contribution in [1.82, 2.24) is 25.0 Å². The number of ether oxygens (including phenoxy) is 1. The van der Waals surface area contributed by atoms with Crippen LogP contribution in [0.3, 0.4) is 0 Å². The van der Waals surface area contributed by atoms with E-state index in [2.05, 4.69) is 25.7 Å². The fraction of sp³-hybridized carbons (Fsp3) is 0.333.